The summed E-state index contributed by atoms with van der Waals surface area (Å²) in [6.07, 6.45) is 0.940. The summed E-state index contributed by atoms with van der Waals surface area (Å²) in [5, 5.41) is 10.8. The number of carbonyl (C=O) groups is 1. The molecule has 0 bridgehead atoms. The maximum absolute atomic E-state index is 13.0. The Balaban J connectivity index is 1.40. The number of thiophene rings is 1. The van der Waals surface area contributed by atoms with Gasteiger partial charge in [0.2, 0.25) is 17.6 Å². The molecule has 12 heteroatoms. The molecule has 0 saturated carbocycles. The van der Waals surface area contributed by atoms with Crippen molar-refractivity contribution in [1.29, 1.82) is 0 Å². The van der Waals surface area contributed by atoms with Gasteiger partial charge in [-0.3, -0.25) is 4.79 Å². The Hall–Kier alpha value is -2.15. The highest BCUT2D eigenvalue weighted by molar-refractivity contribution is 7.91. The average Bonchev–Trinajstić information content (AvgIpc) is 3.43. The van der Waals surface area contributed by atoms with Crippen LogP contribution in [0.3, 0.4) is 0 Å². The van der Waals surface area contributed by atoms with Crippen molar-refractivity contribution in [3.05, 3.63) is 28.4 Å². The normalized spacial score (nSPS) is 16.2. The molecule has 1 aliphatic rings. The van der Waals surface area contributed by atoms with Crippen LogP contribution in [0.1, 0.15) is 24.4 Å². The van der Waals surface area contributed by atoms with Crippen molar-refractivity contribution < 1.29 is 17.7 Å². The molecule has 4 rings (SSSR count). The molecule has 3 aromatic rings. The fourth-order valence-electron chi connectivity index (χ4n) is 3.09. The van der Waals surface area contributed by atoms with Crippen molar-refractivity contribution in [2.24, 2.45) is 5.92 Å². The molecule has 1 aliphatic heterocycles. The molecule has 4 heterocycles. The molecule has 29 heavy (non-hydrogen) atoms. The number of anilines is 1. The van der Waals surface area contributed by atoms with E-state index in [4.69, 9.17) is 4.52 Å². The van der Waals surface area contributed by atoms with Gasteiger partial charge in [0.15, 0.2) is 5.13 Å². The lowest BCUT2D eigenvalue weighted by Gasteiger charge is -2.29. The summed E-state index contributed by atoms with van der Waals surface area (Å²) in [6.45, 7) is 4.14. The van der Waals surface area contributed by atoms with Crippen LogP contribution in [-0.2, 0) is 14.8 Å². The van der Waals surface area contributed by atoms with E-state index in [0.29, 0.717) is 48.3 Å². The van der Waals surface area contributed by atoms with Gasteiger partial charge in [-0.25, -0.2) is 13.4 Å². The van der Waals surface area contributed by atoms with Gasteiger partial charge in [0.1, 0.15) is 4.21 Å². The minimum Gasteiger partial charge on any atom is -0.339 e. The Morgan fingerprint density at radius 1 is 1.21 bits per heavy atom. The predicted octanol–water partition coefficient (Wildman–Crippen LogP) is 2.91. The van der Waals surface area contributed by atoms with E-state index < -0.39 is 10.0 Å². The molecule has 0 aliphatic carbocycles. The van der Waals surface area contributed by atoms with Gasteiger partial charge in [-0.05, 0) is 25.8 Å². The molecule has 154 valence electrons. The van der Waals surface area contributed by atoms with E-state index in [1.807, 2.05) is 12.3 Å². The van der Waals surface area contributed by atoms with Crippen LogP contribution in [0.2, 0.25) is 0 Å². The molecule has 0 atom stereocenters. The summed E-state index contributed by atoms with van der Waals surface area (Å²) in [4.78, 5) is 20.8. The zero-order chi connectivity index (χ0) is 20.6. The molecule has 0 radical (unpaired) electrons. The second-order valence-electron chi connectivity index (χ2n) is 6.75. The number of nitrogens with zero attached hydrogens (tertiary/aromatic N) is 4. The molecule has 0 spiro atoms. The molecule has 0 unspecified atom stereocenters. The number of thiazole rings is 1. The van der Waals surface area contributed by atoms with Crippen LogP contribution >= 0.6 is 22.7 Å². The monoisotopic (exact) mass is 453 g/mol. The molecule has 1 saturated heterocycles. The number of aromatic nitrogens is 3. The molecule has 9 nitrogen and oxygen atoms in total. The number of sulfonamides is 1. The van der Waals surface area contributed by atoms with Crippen molar-refractivity contribution in [1.82, 2.24) is 19.4 Å². The Kier molecular flexibility index (Phi) is 5.51. The highest BCUT2D eigenvalue weighted by Gasteiger charge is 2.33. The lowest BCUT2D eigenvalue weighted by atomic mass is 9.97. The Morgan fingerprint density at radius 2 is 1.97 bits per heavy atom. The maximum atomic E-state index is 13.0. The van der Waals surface area contributed by atoms with Crippen molar-refractivity contribution in [2.75, 3.05) is 18.4 Å². The van der Waals surface area contributed by atoms with Gasteiger partial charge < -0.3 is 9.84 Å². The quantitative estimate of drug-likeness (QED) is 0.631. The summed E-state index contributed by atoms with van der Waals surface area (Å²) in [5.74, 6) is 0.450. The topological polar surface area (TPSA) is 118 Å². The van der Waals surface area contributed by atoms with E-state index in [-0.39, 0.29) is 16.0 Å². The second kappa shape index (κ2) is 7.94. The summed E-state index contributed by atoms with van der Waals surface area (Å²) < 4.78 is 32.6. The largest absolute Gasteiger partial charge is 0.339 e. The molecule has 1 fully saturated rings. The SMILES string of the molecule is Cc1csc(NC(=O)C2CCN(S(=O)(=O)c3cc(-c4noc(C)n4)cs3)CC2)n1. The van der Waals surface area contributed by atoms with Crippen molar-refractivity contribution in [3.8, 4) is 11.4 Å². The summed E-state index contributed by atoms with van der Waals surface area (Å²) in [7, 11) is -3.62. The number of amides is 1. The van der Waals surface area contributed by atoms with Crippen LogP contribution in [0.4, 0.5) is 5.13 Å². The van der Waals surface area contributed by atoms with Crippen molar-refractivity contribution in [3.63, 3.8) is 0 Å². The van der Waals surface area contributed by atoms with Crippen molar-refractivity contribution >= 4 is 43.7 Å². The van der Waals surface area contributed by atoms with Gasteiger partial charge in [-0.1, -0.05) is 5.16 Å². The first-order valence-electron chi connectivity index (χ1n) is 8.95. The van der Waals surface area contributed by atoms with Gasteiger partial charge in [0.05, 0.1) is 5.69 Å². The van der Waals surface area contributed by atoms with E-state index in [0.717, 1.165) is 17.0 Å². The van der Waals surface area contributed by atoms with E-state index in [1.165, 1.54) is 15.6 Å². The number of aryl methyl sites for hydroxylation is 2. The summed E-state index contributed by atoms with van der Waals surface area (Å²) >= 11 is 2.51. The predicted molar refractivity (Wildman–Crippen MR) is 109 cm³/mol. The number of rotatable bonds is 5. The van der Waals surface area contributed by atoms with E-state index >= 15 is 0 Å². The van der Waals surface area contributed by atoms with Crippen LogP contribution in [0, 0.1) is 19.8 Å². The smallest absolute Gasteiger partial charge is 0.252 e. The Labute approximate surface area is 175 Å². The first-order chi connectivity index (χ1) is 13.8. The summed E-state index contributed by atoms with van der Waals surface area (Å²) in [6, 6.07) is 1.56. The highest BCUT2D eigenvalue weighted by atomic mass is 32.2. The third kappa shape index (κ3) is 4.25. The number of nitrogens with one attached hydrogen (secondary N) is 1. The second-order valence-corrected chi connectivity index (χ2v) is 10.7. The first kappa shape index (κ1) is 20.1. The Morgan fingerprint density at radius 3 is 2.59 bits per heavy atom. The lowest BCUT2D eigenvalue weighted by molar-refractivity contribution is -0.120. The molecule has 1 amide bonds. The molecule has 3 aromatic heterocycles. The van der Waals surface area contributed by atoms with Gasteiger partial charge in [0.25, 0.3) is 10.0 Å². The zero-order valence-electron chi connectivity index (χ0n) is 15.8. The Bertz CT molecular complexity index is 1130. The number of hydrogen-bond donors (Lipinski definition) is 1. The van der Waals surface area contributed by atoms with Crippen molar-refractivity contribution in [2.45, 2.75) is 30.9 Å². The number of carbonyl (C=O) groups excluding carboxylic acids is 1. The third-order valence-electron chi connectivity index (χ3n) is 4.63. The standard InChI is InChI=1S/C17H19N5O4S3/c1-10-8-28-17(18-10)20-16(23)12-3-5-22(6-4-12)29(24,25)14-7-13(9-27-14)15-19-11(2)26-21-15/h7-9,12H,3-6H2,1-2H3,(H,18,20,23). The average molecular weight is 454 g/mol. The number of piperidine rings is 1. The van der Waals surface area contributed by atoms with Gasteiger partial charge in [-0.15, -0.1) is 22.7 Å². The fourth-order valence-corrected chi connectivity index (χ4v) is 6.56. The third-order valence-corrected chi connectivity index (χ3v) is 8.82. The summed E-state index contributed by atoms with van der Waals surface area (Å²) in [5.41, 5.74) is 1.47. The molecule has 1 N–H and O–H groups in total. The molecular formula is C17H19N5O4S3. The molecule has 0 aromatic carbocycles. The van der Waals surface area contributed by atoms with Gasteiger partial charge in [-0.2, -0.15) is 9.29 Å². The zero-order valence-corrected chi connectivity index (χ0v) is 18.2. The van der Waals surface area contributed by atoms with Crippen LogP contribution in [0.25, 0.3) is 11.4 Å². The number of hydrogen-bond acceptors (Lipinski definition) is 9. The molecular weight excluding hydrogens is 434 g/mol. The minimum atomic E-state index is -3.62. The van der Waals surface area contributed by atoms with Gasteiger partial charge in [0, 0.05) is 42.3 Å². The first-order valence-corrected chi connectivity index (χ1v) is 12.2. The fraction of sp³-hybridized carbons (Fsp3) is 0.412. The minimum absolute atomic E-state index is 0.109. The highest BCUT2D eigenvalue weighted by Crippen LogP contribution is 2.31. The maximum Gasteiger partial charge on any atom is 0.252 e. The van der Waals surface area contributed by atoms with Crippen LogP contribution in [-0.4, -0.2) is 46.8 Å². The van der Waals surface area contributed by atoms with E-state index in [9.17, 15) is 13.2 Å². The van der Waals surface area contributed by atoms with Crippen LogP contribution in [0.15, 0.2) is 25.6 Å². The van der Waals surface area contributed by atoms with E-state index in [1.54, 1.807) is 18.4 Å². The lowest BCUT2D eigenvalue weighted by Crippen LogP contribution is -2.41. The van der Waals surface area contributed by atoms with Gasteiger partial charge >= 0.3 is 0 Å². The van der Waals surface area contributed by atoms with E-state index in [2.05, 4.69) is 20.4 Å². The van der Waals surface area contributed by atoms with Crippen LogP contribution in [0.5, 0.6) is 0 Å². The van der Waals surface area contributed by atoms with Crippen LogP contribution < -0.4 is 5.32 Å².